The van der Waals surface area contributed by atoms with Gasteiger partial charge < -0.3 is 14.2 Å². The SMILES string of the molecule is CCCCCCCCCCCCCCCCCCCC(=O)OC[C@H](COC(=O)CCCCCCCCCCCCC(C)C)OC(=O)CCCCCCCCCCCCCCCCC(C)CC. The van der Waals surface area contributed by atoms with Crippen LogP contribution in [-0.4, -0.2) is 37.2 Å². The number of unbranched alkanes of at least 4 members (excludes halogenated alkanes) is 38. The first-order chi connectivity index (χ1) is 32.3. The molecule has 2 atom stereocenters. The van der Waals surface area contributed by atoms with Gasteiger partial charge in [0.2, 0.25) is 0 Å². The van der Waals surface area contributed by atoms with Gasteiger partial charge in [-0.25, -0.2) is 0 Å². The third kappa shape index (κ3) is 51.8. The molecule has 0 radical (unpaired) electrons. The van der Waals surface area contributed by atoms with Crippen LogP contribution in [0.4, 0.5) is 0 Å². The summed E-state index contributed by atoms with van der Waals surface area (Å²) in [5, 5.41) is 0. The number of esters is 3. The van der Waals surface area contributed by atoms with Crippen molar-refractivity contribution < 1.29 is 28.6 Å². The molecule has 0 aromatic heterocycles. The Morgan fingerprint density at radius 3 is 0.864 bits per heavy atom. The van der Waals surface area contributed by atoms with E-state index in [4.69, 9.17) is 14.2 Å². The summed E-state index contributed by atoms with van der Waals surface area (Å²) < 4.78 is 16.9. The second-order valence-electron chi connectivity index (χ2n) is 21.4. The average molecular weight is 934 g/mol. The van der Waals surface area contributed by atoms with Gasteiger partial charge >= 0.3 is 17.9 Å². The van der Waals surface area contributed by atoms with Crippen LogP contribution < -0.4 is 0 Å². The number of hydrogen-bond donors (Lipinski definition) is 0. The van der Waals surface area contributed by atoms with Crippen molar-refractivity contribution in [2.45, 2.75) is 343 Å². The lowest BCUT2D eigenvalue weighted by atomic mass is 9.99. The number of rotatable bonds is 54. The molecule has 6 heteroatoms. The Morgan fingerprint density at radius 1 is 0.318 bits per heavy atom. The van der Waals surface area contributed by atoms with Gasteiger partial charge in [0.15, 0.2) is 6.10 Å². The largest absolute Gasteiger partial charge is 0.462 e. The van der Waals surface area contributed by atoms with Crippen LogP contribution in [0, 0.1) is 11.8 Å². The van der Waals surface area contributed by atoms with Crippen molar-refractivity contribution >= 4 is 17.9 Å². The molecular weight excluding hydrogens is 817 g/mol. The van der Waals surface area contributed by atoms with Crippen LogP contribution >= 0.6 is 0 Å². The molecule has 0 bridgehead atoms. The summed E-state index contributed by atoms with van der Waals surface area (Å²) in [6.45, 7) is 11.4. The first kappa shape index (κ1) is 64.4. The van der Waals surface area contributed by atoms with Crippen molar-refractivity contribution in [3.05, 3.63) is 0 Å². The molecule has 392 valence electrons. The molecule has 0 aliphatic carbocycles. The topological polar surface area (TPSA) is 78.9 Å². The van der Waals surface area contributed by atoms with Gasteiger partial charge in [-0.1, -0.05) is 298 Å². The van der Waals surface area contributed by atoms with E-state index in [1.165, 1.54) is 225 Å². The minimum Gasteiger partial charge on any atom is -0.462 e. The van der Waals surface area contributed by atoms with Gasteiger partial charge in [-0.15, -0.1) is 0 Å². The molecule has 1 unspecified atom stereocenters. The molecule has 0 saturated carbocycles. The highest BCUT2D eigenvalue weighted by atomic mass is 16.6. The van der Waals surface area contributed by atoms with Crippen LogP contribution in [0.1, 0.15) is 336 Å². The molecule has 0 aliphatic heterocycles. The lowest BCUT2D eigenvalue weighted by molar-refractivity contribution is -0.167. The Bertz CT molecular complexity index is 1010. The van der Waals surface area contributed by atoms with E-state index in [0.29, 0.717) is 19.3 Å². The molecule has 0 aromatic carbocycles. The zero-order valence-corrected chi connectivity index (χ0v) is 45.3. The fourth-order valence-corrected chi connectivity index (χ4v) is 9.20. The first-order valence-corrected chi connectivity index (χ1v) is 29.8. The van der Waals surface area contributed by atoms with Gasteiger partial charge in [0.1, 0.15) is 13.2 Å². The predicted octanol–water partition coefficient (Wildman–Crippen LogP) is 19.7. The van der Waals surface area contributed by atoms with Gasteiger partial charge in [0.05, 0.1) is 0 Å². The molecule has 0 N–H and O–H groups in total. The maximum absolute atomic E-state index is 12.9. The van der Waals surface area contributed by atoms with Gasteiger partial charge in [-0.3, -0.25) is 14.4 Å². The average Bonchev–Trinajstić information content (AvgIpc) is 3.30. The van der Waals surface area contributed by atoms with Crippen molar-refractivity contribution in [2.24, 2.45) is 11.8 Å². The molecule has 0 spiro atoms. The molecule has 0 amide bonds. The van der Waals surface area contributed by atoms with Crippen molar-refractivity contribution in [1.82, 2.24) is 0 Å². The number of hydrogen-bond acceptors (Lipinski definition) is 6. The summed E-state index contributed by atoms with van der Waals surface area (Å²) in [5.41, 5.74) is 0. The third-order valence-corrected chi connectivity index (χ3v) is 14.1. The highest BCUT2D eigenvalue weighted by molar-refractivity contribution is 5.71. The van der Waals surface area contributed by atoms with Crippen LogP contribution in [0.15, 0.2) is 0 Å². The lowest BCUT2D eigenvalue weighted by Gasteiger charge is -2.18. The van der Waals surface area contributed by atoms with Crippen molar-refractivity contribution in [1.29, 1.82) is 0 Å². The second-order valence-corrected chi connectivity index (χ2v) is 21.4. The number of ether oxygens (including phenoxy) is 3. The fourth-order valence-electron chi connectivity index (χ4n) is 9.20. The van der Waals surface area contributed by atoms with Crippen molar-refractivity contribution in [2.75, 3.05) is 13.2 Å². The van der Waals surface area contributed by atoms with Gasteiger partial charge in [-0.05, 0) is 31.1 Å². The highest BCUT2D eigenvalue weighted by Crippen LogP contribution is 2.19. The zero-order chi connectivity index (χ0) is 48.2. The van der Waals surface area contributed by atoms with Gasteiger partial charge in [0, 0.05) is 19.3 Å². The van der Waals surface area contributed by atoms with Crippen LogP contribution in [0.3, 0.4) is 0 Å². The minimum atomic E-state index is -0.763. The second kappa shape index (κ2) is 52.8. The summed E-state index contributed by atoms with van der Waals surface area (Å²) in [6, 6.07) is 0. The number of carbonyl (C=O) groups is 3. The Kier molecular flexibility index (Phi) is 51.5. The summed E-state index contributed by atoms with van der Waals surface area (Å²) in [6.07, 6.45) is 56.6. The molecule has 66 heavy (non-hydrogen) atoms. The summed E-state index contributed by atoms with van der Waals surface area (Å²) in [5.74, 6) is 0.875. The fraction of sp³-hybridized carbons (Fsp3) is 0.950. The van der Waals surface area contributed by atoms with E-state index in [-0.39, 0.29) is 31.1 Å². The van der Waals surface area contributed by atoms with Crippen molar-refractivity contribution in [3.8, 4) is 0 Å². The van der Waals surface area contributed by atoms with E-state index in [1.54, 1.807) is 0 Å². The quantitative estimate of drug-likeness (QED) is 0.0343. The van der Waals surface area contributed by atoms with E-state index in [0.717, 1.165) is 69.6 Å². The monoisotopic (exact) mass is 933 g/mol. The Balaban J connectivity index is 4.29. The van der Waals surface area contributed by atoms with Crippen LogP contribution in [-0.2, 0) is 28.6 Å². The van der Waals surface area contributed by atoms with Crippen molar-refractivity contribution in [3.63, 3.8) is 0 Å². The van der Waals surface area contributed by atoms with Crippen LogP contribution in [0.5, 0.6) is 0 Å². The minimum absolute atomic E-state index is 0.0626. The summed E-state index contributed by atoms with van der Waals surface area (Å²) in [7, 11) is 0. The molecule has 0 rings (SSSR count). The van der Waals surface area contributed by atoms with E-state index in [1.807, 2.05) is 0 Å². The lowest BCUT2D eigenvalue weighted by Crippen LogP contribution is -2.30. The Labute approximate surface area is 412 Å². The molecule has 0 aromatic rings. The maximum Gasteiger partial charge on any atom is 0.306 e. The summed E-state index contributed by atoms with van der Waals surface area (Å²) in [4.78, 5) is 38.2. The molecule has 0 heterocycles. The Morgan fingerprint density at radius 2 is 0.576 bits per heavy atom. The first-order valence-electron chi connectivity index (χ1n) is 29.8. The molecular formula is C60H116O6. The molecule has 0 fully saturated rings. The van der Waals surface area contributed by atoms with E-state index in [9.17, 15) is 14.4 Å². The number of carbonyl (C=O) groups excluding carboxylic acids is 3. The Hall–Kier alpha value is -1.59. The van der Waals surface area contributed by atoms with Crippen LogP contribution in [0.25, 0.3) is 0 Å². The standard InChI is InChI=1S/C60H116O6/c1-6-8-9-10-11-12-13-14-15-16-17-21-24-30-35-40-45-50-58(61)64-53-57(54-65-59(62)51-46-41-36-31-27-26-28-33-38-43-48-55(3)4)66-60(63)52-47-42-37-32-25-22-19-18-20-23-29-34-39-44-49-56(5)7-2/h55-57H,6-54H2,1-5H3/t56?,57-/m1/s1. The van der Waals surface area contributed by atoms with E-state index >= 15 is 0 Å². The molecule has 6 nitrogen and oxygen atoms in total. The van der Waals surface area contributed by atoms with Crippen LogP contribution in [0.2, 0.25) is 0 Å². The molecule has 0 aliphatic rings. The zero-order valence-electron chi connectivity index (χ0n) is 45.3. The van der Waals surface area contributed by atoms with Gasteiger partial charge in [0.25, 0.3) is 0 Å². The molecule has 0 saturated heterocycles. The van der Waals surface area contributed by atoms with E-state index < -0.39 is 6.10 Å². The summed E-state index contributed by atoms with van der Waals surface area (Å²) >= 11 is 0. The normalized spacial score (nSPS) is 12.5. The highest BCUT2D eigenvalue weighted by Gasteiger charge is 2.19. The third-order valence-electron chi connectivity index (χ3n) is 14.1. The smallest absolute Gasteiger partial charge is 0.306 e. The predicted molar refractivity (Wildman–Crippen MR) is 284 cm³/mol. The van der Waals surface area contributed by atoms with E-state index in [2.05, 4.69) is 34.6 Å². The van der Waals surface area contributed by atoms with Gasteiger partial charge in [-0.2, -0.15) is 0 Å². The maximum atomic E-state index is 12.9.